The van der Waals surface area contributed by atoms with Crippen molar-refractivity contribution in [2.24, 2.45) is 5.92 Å². The van der Waals surface area contributed by atoms with Gasteiger partial charge in [0.25, 0.3) is 0 Å². The Balaban J connectivity index is 2.84. The summed E-state index contributed by atoms with van der Waals surface area (Å²) < 4.78 is 5.35. The van der Waals surface area contributed by atoms with E-state index in [2.05, 4.69) is 20.8 Å². The third-order valence-corrected chi connectivity index (χ3v) is 2.11. The molecular weight excluding hydrogens is 160 g/mol. The minimum Gasteiger partial charge on any atom is -0.381 e. The fourth-order valence-corrected chi connectivity index (χ4v) is 1.31. The zero-order valence-corrected chi connectivity index (χ0v) is 9.35. The molecule has 0 amide bonds. The molecule has 0 N–H and O–H groups in total. The van der Waals surface area contributed by atoms with Crippen LogP contribution in [-0.4, -0.2) is 13.2 Å². The summed E-state index contributed by atoms with van der Waals surface area (Å²) >= 11 is 0. The van der Waals surface area contributed by atoms with Crippen LogP contribution in [0.4, 0.5) is 0 Å². The van der Waals surface area contributed by atoms with Crippen molar-refractivity contribution in [3.05, 3.63) is 6.92 Å². The molecule has 0 fully saturated rings. The van der Waals surface area contributed by atoms with Gasteiger partial charge in [-0.1, -0.05) is 46.5 Å². The van der Waals surface area contributed by atoms with Crippen LogP contribution in [-0.2, 0) is 4.74 Å². The summed E-state index contributed by atoms with van der Waals surface area (Å²) in [6, 6.07) is 0. The van der Waals surface area contributed by atoms with Gasteiger partial charge in [-0.05, 0) is 18.8 Å². The van der Waals surface area contributed by atoms with Crippen molar-refractivity contribution in [2.75, 3.05) is 13.2 Å². The average Bonchev–Trinajstić information content (AvgIpc) is 2.09. The second-order valence-corrected chi connectivity index (χ2v) is 4.06. The fraction of sp³-hybridized carbons (Fsp3) is 0.917. The molecule has 0 saturated heterocycles. The number of unbranched alkanes of at least 4 members (excludes halogenated alkanes) is 3. The summed E-state index contributed by atoms with van der Waals surface area (Å²) in [5, 5.41) is 0. The SMILES string of the molecule is [CH2]CCOCCCCCCC(C)C. The van der Waals surface area contributed by atoms with E-state index in [1.807, 2.05) is 0 Å². The van der Waals surface area contributed by atoms with Gasteiger partial charge < -0.3 is 4.74 Å². The molecule has 79 valence electrons. The molecule has 0 atom stereocenters. The molecule has 0 bridgehead atoms. The van der Waals surface area contributed by atoms with Crippen LogP contribution in [0.5, 0.6) is 0 Å². The van der Waals surface area contributed by atoms with Crippen molar-refractivity contribution < 1.29 is 4.74 Å². The summed E-state index contributed by atoms with van der Waals surface area (Å²) in [5.41, 5.74) is 0. The highest BCUT2D eigenvalue weighted by Gasteiger charge is 1.94. The third kappa shape index (κ3) is 12.0. The van der Waals surface area contributed by atoms with Crippen LogP contribution in [0, 0.1) is 12.8 Å². The summed E-state index contributed by atoms with van der Waals surface area (Å²) in [7, 11) is 0. The Hall–Kier alpha value is -0.0400. The van der Waals surface area contributed by atoms with Crippen LogP contribution in [0.2, 0.25) is 0 Å². The van der Waals surface area contributed by atoms with Gasteiger partial charge in [-0.3, -0.25) is 0 Å². The molecule has 0 aliphatic rings. The van der Waals surface area contributed by atoms with E-state index in [0.717, 1.165) is 25.6 Å². The lowest BCUT2D eigenvalue weighted by molar-refractivity contribution is 0.134. The molecule has 0 aromatic heterocycles. The minimum absolute atomic E-state index is 0.825. The van der Waals surface area contributed by atoms with Gasteiger partial charge in [0.15, 0.2) is 0 Å². The molecule has 0 rings (SSSR count). The van der Waals surface area contributed by atoms with E-state index in [1.54, 1.807) is 0 Å². The van der Waals surface area contributed by atoms with E-state index < -0.39 is 0 Å². The Morgan fingerprint density at radius 1 is 1.00 bits per heavy atom. The Bertz CT molecular complexity index is 89.1. The summed E-state index contributed by atoms with van der Waals surface area (Å²) in [5.74, 6) is 0.863. The highest BCUT2D eigenvalue weighted by molar-refractivity contribution is 4.47. The summed E-state index contributed by atoms with van der Waals surface area (Å²) in [6.45, 7) is 10.1. The number of hydrogen-bond donors (Lipinski definition) is 0. The van der Waals surface area contributed by atoms with Crippen molar-refractivity contribution in [2.45, 2.75) is 52.4 Å². The number of hydrogen-bond acceptors (Lipinski definition) is 1. The van der Waals surface area contributed by atoms with Crippen LogP contribution < -0.4 is 0 Å². The van der Waals surface area contributed by atoms with Crippen LogP contribution in [0.15, 0.2) is 0 Å². The molecule has 0 saturated carbocycles. The Morgan fingerprint density at radius 2 is 1.69 bits per heavy atom. The van der Waals surface area contributed by atoms with Gasteiger partial charge in [0, 0.05) is 13.2 Å². The molecule has 1 heteroatoms. The standard InChI is InChI=1S/C12H25O/c1-4-10-13-11-8-6-5-7-9-12(2)3/h12H,1,4-11H2,2-3H3. The van der Waals surface area contributed by atoms with E-state index in [4.69, 9.17) is 4.74 Å². The zero-order valence-electron chi connectivity index (χ0n) is 9.35. The molecule has 0 aliphatic heterocycles. The Morgan fingerprint density at radius 3 is 2.31 bits per heavy atom. The van der Waals surface area contributed by atoms with E-state index in [0.29, 0.717) is 0 Å². The molecular formula is C12H25O. The van der Waals surface area contributed by atoms with Crippen molar-refractivity contribution in [1.29, 1.82) is 0 Å². The van der Waals surface area contributed by atoms with Crippen LogP contribution >= 0.6 is 0 Å². The monoisotopic (exact) mass is 185 g/mol. The maximum absolute atomic E-state index is 5.35. The smallest absolute Gasteiger partial charge is 0.0466 e. The number of ether oxygens (including phenoxy) is 1. The summed E-state index contributed by atoms with van der Waals surface area (Å²) in [4.78, 5) is 0. The van der Waals surface area contributed by atoms with Gasteiger partial charge in [-0.2, -0.15) is 0 Å². The highest BCUT2D eigenvalue weighted by atomic mass is 16.5. The molecule has 0 heterocycles. The second-order valence-electron chi connectivity index (χ2n) is 4.06. The molecule has 0 spiro atoms. The van der Waals surface area contributed by atoms with Crippen LogP contribution in [0.25, 0.3) is 0 Å². The average molecular weight is 185 g/mol. The highest BCUT2D eigenvalue weighted by Crippen LogP contribution is 2.09. The zero-order chi connectivity index (χ0) is 9.94. The topological polar surface area (TPSA) is 9.23 Å². The molecule has 0 aromatic rings. The lowest BCUT2D eigenvalue weighted by Crippen LogP contribution is -1.95. The molecule has 0 aliphatic carbocycles. The van der Waals surface area contributed by atoms with Crippen molar-refractivity contribution in [3.8, 4) is 0 Å². The second kappa shape index (κ2) is 10.0. The van der Waals surface area contributed by atoms with E-state index in [1.165, 1.54) is 32.1 Å². The first kappa shape index (κ1) is 13.0. The first-order valence-electron chi connectivity index (χ1n) is 5.64. The quantitative estimate of drug-likeness (QED) is 0.496. The first-order valence-corrected chi connectivity index (χ1v) is 5.64. The maximum Gasteiger partial charge on any atom is 0.0466 e. The predicted molar refractivity (Wildman–Crippen MR) is 58.7 cm³/mol. The fourth-order valence-electron chi connectivity index (χ4n) is 1.31. The lowest BCUT2D eigenvalue weighted by Gasteiger charge is -2.04. The van der Waals surface area contributed by atoms with Gasteiger partial charge in [-0.15, -0.1) is 0 Å². The molecule has 1 radical (unpaired) electrons. The lowest BCUT2D eigenvalue weighted by atomic mass is 10.0. The van der Waals surface area contributed by atoms with Gasteiger partial charge in [0.1, 0.15) is 0 Å². The summed E-state index contributed by atoms with van der Waals surface area (Å²) in [6.07, 6.45) is 7.56. The van der Waals surface area contributed by atoms with Gasteiger partial charge in [0.2, 0.25) is 0 Å². The molecule has 0 unspecified atom stereocenters. The van der Waals surface area contributed by atoms with Gasteiger partial charge in [-0.25, -0.2) is 0 Å². The van der Waals surface area contributed by atoms with Crippen molar-refractivity contribution >= 4 is 0 Å². The van der Waals surface area contributed by atoms with Crippen LogP contribution in [0.3, 0.4) is 0 Å². The maximum atomic E-state index is 5.35. The molecule has 1 nitrogen and oxygen atoms in total. The van der Waals surface area contributed by atoms with E-state index in [-0.39, 0.29) is 0 Å². The Labute approximate surface area is 83.9 Å². The predicted octanol–water partition coefficient (Wildman–Crippen LogP) is 3.83. The largest absolute Gasteiger partial charge is 0.381 e. The minimum atomic E-state index is 0.825. The van der Waals surface area contributed by atoms with Gasteiger partial charge >= 0.3 is 0 Å². The van der Waals surface area contributed by atoms with Gasteiger partial charge in [0.05, 0.1) is 0 Å². The van der Waals surface area contributed by atoms with E-state index in [9.17, 15) is 0 Å². The molecule has 0 aromatic carbocycles. The van der Waals surface area contributed by atoms with Crippen LogP contribution in [0.1, 0.15) is 52.4 Å². The normalized spacial score (nSPS) is 11.1. The number of rotatable bonds is 9. The van der Waals surface area contributed by atoms with Crippen molar-refractivity contribution in [3.63, 3.8) is 0 Å². The van der Waals surface area contributed by atoms with Crippen molar-refractivity contribution in [1.82, 2.24) is 0 Å². The molecule has 13 heavy (non-hydrogen) atoms. The van der Waals surface area contributed by atoms with E-state index >= 15 is 0 Å². The Kier molecular flexibility index (Phi) is 10.0. The third-order valence-electron chi connectivity index (χ3n) is 2.11. The first-order chi connectivity index (χ1) is 6.27.